The van der Waals surface area contributed by atoms with E-state index in [4.69, 9.17) is 11.5 Å². The molecule has 0 saturated heterocycles. The SMILES string of the molecule is Cc1cc(C(C)(C)C)cc(C)c1C(N)C(C)(C)N. The van der Waals surface area contributed by atoms with Gasteiger partial charge in [0, 0.05) is 11.6 Å². The largest absolute Gasteiger partial charge is 0.324 e. The maximum Gasteiger partial charge on any atom is 0.0477 e. The van der Waals surface area contributed by atoms with Gasteiger partial charge in [-0.1, -0.05) is 32.9 Å². The van der Waals surface area contributed by atoms with Crippen LogP contribution in [0.5, 0.6) is 0 Å². The van der Waals surface area contributed by atoms with E-state index in [2.05, 4.69) is 46.8 Å². The van der Waals surface area contributed by atoms with Crippen LogP contribution in [-0.4, -0.2) is 5.54 Å². The number of rotatable bonds is 2. The Kier molecular flexibility index (Phi) is 3.94. The molecule has 0 aliphatic carbocycles. The molecule has 0 spiro atoms. The van der Waals surface area contributed by atoms with E-state index in [0.717, 1.165) is 0 Å². The molecule has 0 amide bonds. The molecular weight excluding hydrogens is 220 g/mol. The summed E-state index contributed by atoms with van der Waals surface area (Å²) in [5, 5.41) is 0. The number of hydrogen-bond acceptors (Lipinski definition) is 2. The minimum absolute atomic E-state index is 0.133. The fourth-order valence-corrected chi connectivity index (χ4v) is 2.27. The Morgan fingerprint density at radius 1 is 0.944 bits per heavy atom. The average Bonchev–Trinajstić information content (AvgIpc) is 2.13. The van der Waals surface area contributed by atoms with Gasteiger partial charge < -0.3 is 11.5 Å². The molecule has 1 aromatic carbocycles. The molecule has 0 saturated carbocycles. The quantitative estimate of drug-likeness (QED) is 0.843. The van der Waals surface area contributed by atoms with Crippen molar-refractivity contribution in [3.63, 3.8) is 0 Å². The molecule has 18 heavy (non-hydrogen) atoms. The van der Waals surface area contributed by atoms with Gasteiger partial charge in [0.2, 0.25) is 0 Å². The lowest BCUT2D eigenvalue weighted by Crippen LogP contribution is -2.44. The lowest BCUT2D eigenvalue weighted by atomic mass is 9.80. The summed E-state index contributed by atoms with van der Waals surface area (Å²) in [5.74, 6) is 0. The summed E-state index contributed by atoms with van der Waals surface area (Å²) in [4.78, 5) is 0. The minimum Gasteiger partial charge on any atom is -0.324 e. The van der Waals surface area contributed by atoms with E-state index in [0.29, 0.717) is 0 Å². The average molecular weight is 248 g/mol. The van der Waals surface area contributed by atoms with Crippen molar-refractivity contribution in [1.82, 2.24) is 0 Å². The van der Waals surface area contributed by atoms with Gasteiger partial charge in [-0.25, -0.2) is 0 Å². The predicted molar refractivity (Wildman–Crippen MR) is 79.8 cm³/mol. The third kappa shape index (κ3) is 3.12. The van der Waals surface area contributed by atoms with E-state index in [1.54, 1.807) is 0 Å². The van der Waals surface area contributed by atoms with Gasteiger partial charge >= 0.3 is 0 Å². The van der Waals surface area contributed by atoms with Gasteiger partial charge in [0.05, 0.1) is 0 Å². The number of aryl methyl sites for hydroxylation is 2. The second kappa shape index (κ2) is 4.67. The molecule has 1 unspecified atom stereocenters. The molecule has 0 aromatic heterocycles. The van der Waals surface area contributed by atoms with Gasteiger partial charge in [-0.05, 0) is 55.4 Å². The van der Waals surface area contributed by atoms with Gasteiger partial charge in [-0.3, -0.25) is 0 Å². The molecule has 102 valence electrons. The molecule has 1 aromatic rings. The van der Waals surface area contributed by atoms with E-state index in [9.17, 15) is 0 Å². The highest BCUT2D eigenvalue weighted by Crippen LogP contribution is 2.31. The smallest absolute Gasteiger partial charge is 0.0477 e. The molecule has 2 heteroatoms. The van der Waals surface area contributed by atoms with Gasteiger partial charge in [-0.2, -0.15) is 0 Å². The summed E-state index contributed by atoms with van der Waals surface area (Å²) < 4.78 is 0. The van der Waals surface area contributed by atoms with Crippen LogP contribution in [0.3, 0.4) is 0 Å². The molecule has 0 heterocycles. The van der Waals surface area contributed by atoms with Crippen LogP contribution < -0.4 is 11.5 Å². The maximum absolute atomic E-state index is 6.31. The number of nitrogens with two attached hydrogens (primary N) is 2. The molecular formula is C16H28N2. The van der Waals surface area contributed by atoms with Crippen LogP contribution in [0.25, 0.3) is 0 Å². The molecule has 1 atom stereocenters. The normalized spacial score (nSPS) is 14.7. The summed E-state index contributed by atoms with van der Waals surface area (Å²) in [6.07, 6.45) is 0. The van der Waals surface area contributed by atoms with Gasteiger partial charge in [-0.15, -0.1) is 0 Å². The van der Waals surface area contributed by atoms with E-state index >= 15 is 0 Å². The van der Waals surface area contributed by atoms with Crippen molar-refractivity contribution >= 4 is 0 Å². The molecule has 0 fully saturated rings. The monoisotopic (exact) mass is 248 g/mol. The topological polar surface area (TPSA) is 52.0 Å². The Hall–Kier alpha value is -0.860. The Morgan fingerprint density at radius 3 is 1.61 bits per heavy atom. The maximum atomic E-state index is 6.31. The molecule has 1 rings (SSSR count). The summed E-state index contributed by atoms with van der Waals surface area (Å²) in [5.41, 5.74) is 17.2. The zero-order chi connectivity index (χ0) is 14.3. The molecule has 0 aliphatic rings. The molecule has 4 N–H and O–H groups in total. The van der Waals surface area contributed by atoms with Gasteiger partial charge in [0.1, 0.15) is 0 Å². The highest BCUT2D eigenvalue weighted by Gasteiger charge is 2.26. The fraction of sp³-hybridized carbons (Fsp3) is 0.625. The first-order valence-corrected chi connectivity index (χ1v) is 6.60. The van der Waals surface area contributed by atoms with Crippen molar-refractivity contribution in [2.75, 3.05) is 0 Å². The van der Waals surface area contributed by atoms with Crippen LogP contribution in [-0.2, 0) is 5.41 Å². The molecule has 0 radical (unpaired) electrons. The van der Waals surface area contributed by atoms with E-state index < -0.39 is 5.54 Å². The molecule has 0 aliphatic heterocycles. The van der Waals surface area contributed by atoms with Crippen molar-refractivity contribution < 1.29 is 0 Å². The summed E-state index contributed by atoms with van der Waals surface area (Å²) in [6.45, 7) is 14.9. The number of hydrogen-bond donors (Lipinski definition) is 2. The highest BCUT2D eigenvalue weighted by atomic mass is 14.8. The fourth-order valence-electron chi connectivity index (χ4n) is 2.27. The Labute approximate surface area is 112 Å². The second-order valence-electron chi connectivity index (χ2n) is 7.07. The molecule has 2 nitrogen and oxygen atoms in total. The van der Waals surface area contributed by atoms with Crippen molar-refractivity contribution in [3.8, 4) is 0 Å². The van der Waals surface area contributed by atoms with Crippen molar-refractivity contribution in [2.24, 2.45) is 11.5 Å². The predicted octanol–water partition coefficient (Wildman–Crippen LogP) is 3.34. The first-order chi connectivity index (χ1) is 7.94. The lowest BCUT2D eigenvalue weighted by Gasteiger charge is -2.31. The van der Waals surface area contributed by atoms with E-state index in [1.165, 1.54) is 22.3 Å². The van der Waals surface area contributed by atoms with Crippen LogP contribution in [0.2, 0.25) is 0 Å². The summed E-state index contributed by atoms with van der Waals surface area (Å²) >= 11 is 0. The van der Waals surface area contributed by atoms with Crippen molar-refractivity contribution in [3.05, 3.63) is 34.4 Å². The Balaban J connectivity index is 3.34. The third-order valence-electron chi connectivity index (χ3n) is 3.57. The van der Waals surface area contributed by atoms with Crippen LogP contribution in [0, 0.1) is 13.8 Å². The van der Waals surface area contributed by atoms with Crippen LogP contribution in [0.15, 0.2) is 12.1 Å². The van der Waals surface area contributed by atoms with Crippen LogP contribution in [0.4, 0.5) is 0 Å². The highest BCUT2D eigenvalue weighted by molar-refractivity contribution is 5.43. The zero-order valence-corrected chi connectivity index (χ0v) is 12.9. The standard InChI is InChI=1S/C16H28N2/c1-10-8-12(15(3,4)5)9-11(2)13(10)14(17)16(6,7)18/h8-9,14H,17-18H2,1-7H3. The second-order valence-corrected chi connectivity index (χ2v) is 7.07. The summed E-state index contributed by atoms with van der Waals surface area (Å²) in [7, 11) is 0. The van der Waals surface area contributed by atoms with Crippen LogP contribution in [0.1, 0.15) is 62.9 Å². The Morgan fingerprint density at radius 2 is 1.33 bits per heavy atom. The zero-order valence-electron chi connectivity index (χ0n) is 12.9. The van der Waals surface area contributed by atoms with Crippen molar-refractivity contribution in [2.45, 2.75) is 65.5 Å². The van der Waals surface area contributed by atoms with E-state index in [-0.39, 0.29) is 11.5 Å². The first kappa shape index (κ1) is 15.2. The summed E-state index contributed by atoms with van der Waals surface area (Å²) in [6, 6.07) is 4.36. The van der Waals surface area contributed by atoms with Gasteiger partial charge in [0.25, 0.3) is 0 Å². The third-order valence-corrected chi connectivity index (χ3v) is 3.57. The number of benzene rings is 1. The van der Waals surface area contributed by atoms with Crippen molar-refractivity contribution in [1.29, 1.82) is 0 Å². The van der Waals surface area contributed by atoms with E-state index in [1.807, 2.05) is 13.8 Å². The first-order valence-electron chi connectivity index (χ1n) is 6.60. The van der Waals surface area contributed by atoms with Crippen LogP contribution >= 0.6 is 0 Å². The van der Waals surface area contributed by atoms with Gasteiger partial charge in [0.15, 0.2) is 0 Å². The lowest BCUT2D eigenvalue weighted by molar-refractivity contribution is 0.417. The molecule has 0 bridgehead atoms. The Bertz CT molecular complexity index is 410. The minimum atomic E-state index is -0.404.